The summed E-state index contributed by atoms with van der Waals surface area (Å²) in [5, 5.41) is 0. The standard InChI is InChI=1S/C19H18BrF3O3/c1-11(2)26-18(24)13-5-4-6-16(20)14(13)10-25-17-8-7-12(3)9-15(17)19(21,22)23/h4-9,11H,10H2,1-3H3. The van der Waals surface area contributed by atoms with Gasteiger partial charge >= 0.3 is 12.1 Å². The molecule has 0 saturated carbocycles. The SMILES string of the molecule is Cc1ccc(OCc2c(Br)cccc2C(=O)OC(C)C)c(C(F)(F)F)c1. The molecule has 26 heavy (non-hydrogen) atoms. The van der Waals surface area contributed by atoms with Crippen LogP contribution in [0.4, 0.5) is 13.2 Å². The van der Waals surface area contributed by atoms with E-state index >= 15 is 0 Å². The van der Waals surface area contributed by atoms with Gasteiger partial charge in [-0.25, -0.2) is 4.79 Å². The van der Waals surface area contributed by atoms with E-state index in [0.717, 1.165) is 6.07 Å². The Labute approximate surface area is 158 Å². The summed E-state index contributed by atoms with van der Waals surface area (Å²) >= 11 is 3.31. The number of esters is 1. The lowest BCUT2D eigenvalue weighted by Crippen LogP contribution is -2.15. The third-order valence-electron chi connectivity index (χ3n) is 3.49. The monoisotopic (exact) mass is 430 g/mol. The molecule has 3 nitrogen and oxygen atoms in total. The molecule has 2 aromatic carbocycles. The van der Waals surface area contributed by atoms with E-state index in [2.05, 4.69) is 15.9 Å². The van der Waals surface area contributed by atoms with E-state index in [0.29, 0.717) is 15.6 Å². The van der Waals surface area contributed by atoms with Crippen molar-refractivity contribution in [3.63, 3.8) is 0 Å². The largest absolute Gasteiger partial charge is 0.488 e. The van der Waals surface area contributed by atoms with Crippen molar-refractivity contribution in [3.8, 4) is 5.75 Å². The van der Waals surface area contributed by atoms with Gasteiger partial charge in [-0.2, -0.15) is 13.2 Å². The highest BCUT2D eigenvalue weighted by Gasteiger charge is 2.34. The molecule has 0 aliphatic carbocycles. The lowest BCUT2D eigenvalue weighted by Gasteiger charge is -2.17. The average Bonchev–Trinajstić information content (AvgIpc) is 2.52. The minimum absolute atomic E-state index is 0.212. The van der Waals surface area contributed by atoms with Gasteiger partial charge in [0.05, 0.1) is 17.2 Å². The Morgan fingerprint density at radius 3 is 2.50 bits per heavy atom. The quantitative estimate of drug-likeness (QED) is 0.552. The van der Waals surface area contributed by atoms with Crippen LogP contribution < -0.4 is 4.74 Å². The minimum atomic E-state index is -4.53. The maximum atomic E-state index is 13.2. The van der Waals surface area contributed by atoms with E-state index in [1.165, 1.54) is 6.07 Å². The predicted octanol–water partition coefficient (Wildman–Crippen LogP) is 5.92. The molecular weight excluding hydrogens is 413 g/mol. The number of carbonyl (C=O) groups excluding carboxylic acids is 1. The summed E-state index contributed by atoms with van der Waals surface area (Å²) in [5.41, 5.74) is 0.295. The van der Waals surface area contributed by atoms with E-state index in [-0.39, 0.29) is 24.0 Å². The van der Waals surface area contributed by atoms with Gasteiger partial charge in [0.2, 0.25) is 0 Å². The van der Waals surface area contributed by atoms with Gasteiger partial charge in [0.1, 0.15) is 12.4 Å². The number of carbonyl (C=O) groups is 1. The molecular formula is C19H18BrF3O3. The third kappa shape index (κ3) is 5.00. The molecule has 0 fully saturated rings. The summed E-state index contributed by atoms with van der Waals surface area (Å²) in [7, 11) is 0. The molecule has 0 bridgehead atoms. The topological polar surface area (TPSA) is 35.5 Å². The van der Waals surface area contributed by atoms with Crippen molar-refractivity contribution in [2.24, 2.45) is 0 Å². The van der Waals surface area contributed by atoms with Gasteiger partial charge in [0.15, 0.2) is 0 Å². The van der Waals surface area contributed by atoms with Crippen LogP contribution in [0, 0.1) is 6.92 Å². The Bertz CT molecular complexity index is 801. The van der Waals surface area contributed by atoms with E-state index in [1.54, 1.807) is 45.0 Å². The lowest BCUT2D eigenvalue weighted by atomic mass is 10.1. The van der Waals surface area contributed by atoms with Crippen LogP contribution in [0.5, 0.6) is 5.75 Å². The Morgan fingerprint density at radius 1 is 1.19 bits per heavy atom. The number of ether oxygens (including phenoxy) is 2. The van der Waals surface area contributed by atoms with Crippen LogP contribution >= 0.6 is 15.9 Å². The molecule has 0 aliphatic rings. The Balaban J connectivity index is 2.32. The normalized spacial score (nSPS) is 11.5. The summed E-state index contributed by atoms with van der Waals surface area (Å²) in [5.74, 6) is -0.845. The molecule has 0 saturated heterocycles. The maximum Gasteiger partial charge on any atom is 0.419 e. The molecule has 7 heteroatoms. The fraction of sp³-hybridized carbons (Fsp3) is 0.316. The number of aryl methyl sites for hydroxylation is 1. The summed E-state index contributed by atoms with van der Waals surface area (Å²) in [6.45, 7) is 4.80. The Hall–Kier alpha value is -2.02. The minimum Gasteiger partial charge on any atom is -0.488 e. The Kier molecular flexibility index (Phi) is 6.34. The molecule has 0 spiro atoms. The number of benzene rings is 2. The number of halogens is 4. The number of hydrogen-bond acceptors (Lipinski definition) is 3. The highest BCUT2D eigenvalue weighted by molar-refractivity contribution is 9.10. The van der Waals surface area contributed by atoms with Gasteiger partial charge in [-0.3, -0.25) is 0 Å². The van der Waals surface area contributed by atoms with E-state index in [1.807, 2.05) is 0 Å². The number of alkyl halides is 3. The summed E-state index contributed by atoms with van der Waals surface area (Å²) in [6.07, 6.45) is -4.85. The van der Waals surface area contributed by atoms with Crippen molar-refractivity contribution < 1.29 is 27.4 Å². The molecule has 0 N–H and O–H groups in total. The third-order valence-corrected chi connectivity index (χ3v) is 4.24. The zero-order valence-corrected chi connectivity index (χ0v) is 16.1. The highest BCUT2D eigenvalue weighted by Crippen LogP contribution is 2.37. The van der Waals surface area contributed by atoms with Gasteiger partial charge in [-0.1, -0.05) is 33.6 Å². The van der Waals surface area contributed by atoms with Crippen LogP contribution in [0.25, 0.3) is 0 Å². The van der Waals surface area contributed by atoms with Crippen molar-refractivity contribution in [2.75, 3.05) is 0 Å². The second-order valence-corrected chi connectivity index (χ2v) is 6.86. The van der Waals surface area contributed by atoms with Gasteiger partial charge in [-0.15, -0.1) is 0 Å². The molecule has 2 aromatic rings. The van der Waals surface area contributed by atoms with Crippen LogP contribution in [0.15, 0.2) is 40.9 Å². The van der Waals surface area contributed by atoms with Gasteiger partial charge in [0, 0.05) is 10.0 Å². The molecule has 0 unspecified atom stereocenters. The second kappa shape index (κ2) is 8.12. The predicted molar refractivity (Wildman–Crippen MR) is 95.2 cm³/mol. The van der Waals surface area contributed by atoms with Crippen LogP contribution in [-0.2, 0) is 17.5 Å². The fourth-order valence-corrected chi connectivity index (χ4v) is 2.80. The lowest BCUT2D eigenvalue weighted by molar-refractivity contribution is -0.139. The molecule has 0 radical (unpaired) electrons. The van der Waals surface area contributed by atoms with Gasteiger partial charge in [0.25, 0.3) is 0 Å². The van der Waals surface area contributed by atoms with E-state index in [4.69, 9.17) is 9.47 Å². The first-order valence-electron chi connectivity index (χ1n) is 7.88. The fourth-order valence-electron chi connectivity index (χ4n) is 2.32. The first-order valence-corrected chi connectivity index (χ1v) is 8.68. The van der Waals surface area contributed by atoms with Gasteiger partial charge < -0.3 is 9.47 Å². The first kappa shape index (κ1) is 20.3. The van der Waals surface area contributed by atoms with Crippen molar-refractivity contribution in [1.82, 2.24) is 0 Å². The van der Waals surface area contributed by atoms with Crippen LogP contribution in [0.3, 0.4) is 0 Å². The zero-order chi connectivity index (χ0) is 19.5. The smallest absolute Gasteiger partial charge is 0.419 e. The van der Waals surface area contributed by atoms with Crippen LogP contribution in [-0.4, -0.2) is 12.1 Å². The van der Waals surface area contributed by atoms with Crippen molar-refractivity contribution in [2.45, 2.75) is 39.7 Å². The molecule has 0 amide bonds. The second-order valence-electron chi connectivity index (χ2n) is 6.01. The molecule has 140 valence electrons. The van der Waals surface area contributed by atoms with Crippen molar-refractivity contribution in [3.05, 3.63) is 63.1 Å². The summed E-state index contributed by atoms with van der Waals surface area (Å²) in [4.78, 5) is 12.2. The van der Waals surface area contributed by atoms with Crippen molar-refractivity contribution >= 4 is 21.9 Å². The molecule has 0 aromatic heterocycles. The Morgan fingerprint density at radius 2 is 1.88 bits per heavy atom. The summed E-state index contributed by atoms with van der Waals surface area (Å²) < 4.78 is 50.8. The highest BCUT2D eigenvalue weighted by atomic mass is 79.9. The van der Waals surface area contributed by atoms with E-state index < -0.39 is 17.7 Å². The first-order chi connectivity index (χ1) is 12.1. The maximum absolute atomic E-state index is 13.2. The number of hydrogen-bond donors (Lipinski definition) is 0. The molecule has 2 rings (SSSR count). The van der Waals surface area contributed by atoms with Gasteiger partial charge in [-0.05, 0) is 45.0 Å². The molecule has 0 heterocycles. The zero-order valence-electron chi connectivity index (χ0n) is 14.5. The average molecular weight is 431 g/mol. The molecule has 0 atom stereocenters. The number of rotatable bonds is 5. The van der Waals surface area contributed by atoms with Crippen molar-refractivity contribution in [1.29, 1.82) is 0 Å². The summed E-state index contributed by atoms with van der Waals surface area (Å²) in [6, 6.07) is 8.74. The van der Waals surface area contributed by atoms with Crippen LogP contribution in [0.2, 0.25) is 0 Å². The van der Waals surface area contributed by atoms with Crippen LogP contribution in [0.1, 0.15) is 40.9 Å². The van der Waals surface area contributed by atoms with E-state index in [9.17, 15) is 18.0 Å². The molecule has 0 aliphatic heterocycles.